The molecule has 0 aliphatic heterocycles. The average molecular weight is 245 g/mol. The molecule has 17 heavy (non-hydrogen) atoms. The summed E-state index contributed by atoms with van der Waals surface area (Å²) in [5, 5.41) is 8.92. The zero-order chi connectivity index (χ0) is 13.1. The number of hydrogen-bond acceptors (Lipinski definition) is 3. The number of carboxylic acid groups (broad SMARTS) is 1. The molecule has 0 bridgehead atoms. The molecule has 0 spiro atoms. The van der Waals surface area contributed by atoms with E-state index in [1.165, 1.54) is 12.8 Å². The number of carbonyl (C=O) groups is 1. The lowest BCUT2D eigenvalue weighted by molar-refractivity contribution is -0.141. The first-order valence-corrected chi connectivity index (χ1v) is 6.55. The van der Waals surface area contributed by atoms with Crippen molar-refractivity contribution >= 4 is 5.97 Å². The minimum Gasteiger partial charge on any atom is -0.481 e. The smallest absolute Gasteiger partial charge is 0.307 e. The number of ether oxygens (including phenoxy) is 1. The number of rotatable bonds is 11. The number of hydrogen-bond donors (Lipinski definition) is 1. The standard InChI is InChI=1S/C13H27NO3/c1-4-5-6-8-14(9-7-10-17-3)11-12(2)13(15)16/h12H,4-11H2,1-3H3,(H,15,16). The maximum atomic E-state index is 10.8. The van der Waals surface area contributed by atoms with Gasteiger partial charge in [-0.1, -0.05) is 26.7 Å². The first-order chi connectivity index (χ1) is 8.11. The van der Waals surface area contributed by atoms with Gasteiger partial charge in [-0.3, -0.25) is 4.79 Å². The number of methoxy groups -OCH3 is 1. The molecule has 102 valence electrons. The monoisotopic (exact) mass is 245 g/mol. The first kappa shape index (κ1) is 16.4. The molecule has 0 aromatic rings. The van der Waals surface area contributed by atoms with E-state index in [1.54, 1.807) is 14.0 Å². The Labute approximate surface area is 105 Å². The summed E-state index contributed by atoms with van der Waals surface area (Å²) in [5.41, 5.74) is 0. The van der Waals surface area contributed by atoms with Crippen LogP contribution in [-0.2, 0) is 9.53 Å². The van der Waals surface area contributed by atoms with Crippen molar-refractivity contribution in [2.24, 2.45) is 5.92 Å². The van der Waals surface area contributed by atoms with Gasteiger partial charge in [0.05, 0.1) is 5.92 Å². The van der Waals surface area contributed by atoms with E-state index in [4.69, 9.17) is 9.84 Å². The summed E-state index contributed by atoms with van der Waals surface area (Å²) in [5.74, 6) is -1.00. The van der Waals surface area contributed by atoms with Gasteiger partial charge in [0.15, 0.2) is 0 Å². The summed E-state index contributed by atoms with van der Waals surface area (Å²) in [6, 6.07) is 0. The number of carboxylic acids is 1. The van der Waals surface area contributed by atoms with Crippen molar-refractivity contribution in [1.82, 2.24) is 4.90 Å². The van der Waals surface area contributed by atoms with Gasteiger partial charge in [-0.2, -0.15) is 0 Å². The molecule has 0 rings (SSSR count). The molecule has 0 saturated heterocycles. The van der Waals surface area contributed by atoms with Gasteiger partial charge in [0.25, 0.3) is 0 Å². The molecule has 0 aliphatic rings. The molecule has 4 nitrogen and oxygen atoms in total. The van der Waals surface area contributed by atoms with Gasteiger partial charge in [-0.25, -0.2) is 0 Å². The Morgan fingerprint density at radius 3 is 2.47 bits per heavy atom. The molecule has 0 aromatic heterocycles. The fourth-order valence-electron chi connectivity index (χ4n) is 1.78. The Balaban J connectivity index is 3.95. The van der Waals surface area contributed by atoms with Crippen LogP contribution in [0.2, 0.25) is 0 Å². The summed E-state index contributed by atoms with van der Waals surface area (Å²) in [6.45, 7) is 7.25. The van der Waals surface area contributed by atoms with Gasteiger partial charge >= 0.3 is 5.97 Å². The largest absolute Gasteiger partial charge is 0.481 e. The third-order valence-corrected chi connectivity index (χ3v) is 2.85. The Morgan fingerprint density at radius 1 is 1.29 bits per heavy atom. The maximum absolute atomic E-state index is 10.8. The van der Waals surface area contributed by atoms with Crippen LogP contribution in [0.4, 0.5) is 0 Å². The quantitative estimate of drug-likeness (QED) is 0.567. The van der Waals surface area contributed by atoms with Gasteiger partial charge in [-0.05, 0) is 19.4 Å². The molecule has 0 amide bonds. The molecule has 1 N–H and O–H groups in total. The topological polar surface area (TPSA) is 49.8 Å². The highest BCUT2D eigenvalue weighted by Crippen LogP contribution is 2.05. The Hall–Kier alpha value is -0.610. The van der Waals surface area contributed by atoms with E-state index in [-0.39, 0.29) is 5.92 Å². The molecule has 1 unspecified atom stereocenters. The first-order valence-electron chi connectivity index (χ1n) is 6.55. The second-order valence-corrected chi connectivity index (χ2v) is 4.59. The van der Waals surface area contributed by atoms with E-state index in [0.29, 0.717) is 6.54 Å². The van der Waals surface area contributed by atoms with E-state index in [2.05, 4.69) is 11.8 Å². The number of aliphatic carboxylic acids is 1. The molecule has 0 aliphatic carbocycles. The van der Waals surface area contributed by atoms with E-state index in [9.17, 15) is 4.79 Å². The van der Waals surface area contributed by atoms with Crippen LogP contribution in [0.1, 0.15) is 39.5 Å². The lowest BCUT2D eigenvalue weighted by Gasteiger charge is -2.24. The highest BCUT2D eigenvalue weighted by atomic mass is 16.5. The molecule has 0 radical (unpaired) electrons. The SMILES string of the molecule is CCCCCN(CCCOC)CC(C)C(=O)O. The second kappa shape index (κ2) is 10.5. The number of nitrogens with zero attached hydrogens (tertiary/aromatic N) is 1. The van der Waals surface area contributed by atoms with Crippen LogP contribution in [-0.4, -0.2) is 49.3 Å². The zero-order valence-corrected chi connectivity index (χ0v) is 11.4. The van der Waals surface area contributed by atoms with Gasteiger partial charge in [0.2, 0.25) is 0 Å². The number of unbranched alkanes of at least 4 members (excludes halogenated alkanes) is 2. The Morgan fingerprint density at radius 2 is 1.94 bits per heavy atom. The lowest BCUT2D eigenvalue weighted by atomic mass is 10.1. The molecular weight excluding hydrogens is 218 g/mol. The van der Waals surface area contributed by atoms with Crippen molar-refractivity contribution in [3.63, 3.8) is 0 Å². The summed E-state index contributed by atoms with van der Waals surface area (Å²) in [6.07, 6.45) is 4.52. The highest BCUT2D eigenvalue weighted by molar-refractivity contribution is 5.69. The Bertz CT molecular complexity index is 187. The molecule has 4 heteroatoms. The van der Waals surface area contributed by atoms with Gasteiger partial charge < -0.3 is 14.7 Å². The van der Waals surface area contributed by atoms with Crippen molar-refractivity contribution < 1.29 is 14.6 Å². The van der Waals surface area contributed by atoms with Gasteiger partial charge in [0.1, 0.15) is 0 Å². The van der Waals surface area contributed by atoms with Crippen molar-refractivity contribution in [3.8, 4) is 0 Å². The van der Waals surface area contributed by atoms with E-state index in [1.807, 2.05) is 0 Å². The summed E-state index contributed by atoms with van der Waals surface area (Å²) in [4.78, 5) is 13.1. The minimum absolute atomic E-state index is 0.292. The summed E-state index contributed by atoms with van der Waals surface area (Å²) >= 11 is 0. The third kappa shape index (κ3) is 9.12. The predicted octanol–water partition coefficient (Wildman–Crippen LogP) is 2.24. The van der Waals surface area contributed by atoms with Crippen molar-refractivity contribution in [3.05, 3.63) is 0 Å². The highest BCUT2D eigenvalue weighted by Gasteiger charge is 2.15. The Kier molecular flexibility index (Phi) is 10.2. The van der Waals surface area contributed by atoms with E-state index >= 15 is 0 Å². The van der Waals surface area contributed by atoms with Crippen LogP contribution < -0.4 is 0 Å². The maximum Gasteiger partial charge on any atom is 0.307 e. The van der Waals surface area contributed by atoms with Crippen molar-refractivity contribution in [1.29, 1.82) is 0 Å². The normalized spacial score (nSPS) is 12.9. The van der Waals surface area contributed by atoms with Crippen LogP contribution in [0.25, 0.3) is 0 Å². The van der Waals surface area contributed by atoms with Crippen molar-refractivity contribution in [2.75, 3.05) is 33.4 Å². The fraction of sp³-hybridized carbons (Fsp3) is 0.923. The van der Waals surface area contributed by atoms with Crippen LogP contribution >= 0.6 is 0 Å². The molecule has 1 atom stereocenters. The molecule has 0 fully saturated rings. The zero-order valence-electron chi connectivity index (χ0n) is 11.4. The fourth-order valence-corrected chi connectivity index (χ4v) is 1.78. The molecular formula is C13H27NO3. The van der Waals surface area contributed by atoms with Crippen LogP contribution in [0.15, 0.2) is 0 Å². The lowest BCUT2D eigenvalue weighted by Crippen LogP contribution is -2.34. The van der Waals surface area contributed by atoms with Crippen LogP contribution in [0.3, 0.4) is 0 Å². The molecule has 0 aromatic carbocycles. The summed E-state index contributed by atoms with van der Waals surface area (Å²) in [7, 11) is 1.70. The molecule has 0 heterocycles. The van der Waals surface area contributed by atoms with Crippen LogP contribution in [0, 0.1) is 5.92 Å². The van der Waals surface area contributed by atoms with Gasteiger partial charge in [-0.15, -0.1) is 0 Å². The average Bonchev–Trinajstić information content (AvgIpc) is 2.29. The predicted molar refractivity (Wildman–Crippen MR) is 69.3 cm³/mol. The van der Waals surface area contributed by atoms with E-state index < -0.39 is 5.97 Å². The third-order valence-electron chi connectivity index (χ3n) is 2.85. The van der Waals surface area contributed by atoms with Crippen molar-refractivity contribution in [2.45, 2.75) is 39.5 Å². The minimum atomic E-state index is -0.711. The summed E-state index contributed by atoms with van der Waals surface area (Å²) < 4.78 is 5.03. The second-order valence-electron chi connectivity index (χ2n) is 4.59. The molecule has 0 saturated carbocycles. The van der Waals surface area contributed by atoms with Gasteiger partial charge in [0, 0.05) is 26.8 Å². The van der Waals surface area contributed by atoms with E-state index in [0.717, 1.165) is 32.5 Å². The van der Waals surface area contributed by atoms with Crippen LogP contribution in [0.5, 0.6) is 0 Å².